The molecule has 2 atom stereocenters. The Kier molecular flexibility index (Phi) is 10.8. The van der Waals surface area contributed by atoms with E-state index >= 15 is 0 Å². The number of piperidine rings is 1. The van der Waals surface area contributed by atoms with Crippen molar-refractivity contribution in [2.75, 3.05) is 58.9 Å². The van der Waals surface area contributed by atoms with Crippen molar-refractivity contribution >= 4 is 35.8 Å². The molecule has 0 saturated carbocycles. The van der Waals surface area contributed by atoms with Crippen LogP contribution in [0.4, 0.5) is 0 Å². The van der Waals surface area contributed by atoms with E-state index in [2.05, 4.69) is 35.9 Å². The van der Waals surface area contributed by atoms with Gasteiger partial charge in [0.1, 0.15) is 0 Å². The Morgan fingerprint density at radius 1 is 1.08 bits per heavy atom. The number of likely N-dealkylation sites (tertiary alicyclic amines) is 1. The third kappa shape index (κ3) is 7.58. The molecule has 2 rings (SSSR count). The molecule has 26 heavy (non-hydrogen) atoms. The number of nitrogens with zero attached hydrogens (tertiary/aromatic N) is 4. The Labute approximate surface area is 176 Å². The standard InChI is InChI=1S/C19H37N5O.HI/c1-5-20-19(24-11-9-23(10-12-24)18(4)25)21-7-6-8-22-14-16(2)13-17(3)15-22;/h16-17H,5-15H2,1-4H3,(H,20,21);1H. The van der Waals surface area contributed by atoms with Crippen LogP contribution in [0.15, 0.2) is 4.99 Å². The third-order valence-corrected chi connectivity index (χ3v) is 5.20. The number of nitrogens with one attached hydrogen (secondary N) is 1. The van der Waals surface area contributed by atoms with E-state index in [1.165, 1.54) is 19.5 Å². The van der Waals surface area contributed by atoms with E-state index in [1.807, 2.05) is 4.90 Å². The quantitative estimate of drug-likeness (QED) is 0.284. The van der Waals surface area contributed by atoms with Gasteiger partial charge in [0.15, 0.2) is 5.96 Å². The summed E-state index contributed by atoms with van der Waals surface area (Å²) in [6, 6.07) is 0. The van der Waals surface area contributed by atoms with E-state index in [9.17, 15) is 4.79 Å². The molecule has 7 heteroatoms. The van der Waals surface area contributed by atoms with Gasteiger partial charge in [-0.3, -0.25) is 9.79 Å². The summed E-state index contributed by atoms with van der Waals surface area (Å²) in [5, 5.41) is 3.41. The van der Waals surface area contributed by atoms with E-state index in [-0.39, 0.29) is 29.9 Å². The lowest BCUT2D eigenvalue weighted by Gasteiger charge is -2.36. The van der Waals surface area contributed by atoms with Gasteiger partial charge in [0, 0.05) is 59.3 Å². The Balaban J connectivity index is 0.00000338. The summed E-state index contributed by atoms with van der Waals surface area (Å²) in [6.07, 6.45) is 2.48. The molecule has 2 aliphatic rings. The van der Waals surface area contributed by atoms with Gasteiger partial charge in [-0.15, -0.1) is 24.0 Å². The minimum absolute atomic E-state index is 0. The van der Waals surface area contributed by atoms with Crippen LogP contribution in [-0.2, 0) is 4.79 Å². The van der Waals surface area contributed by atoms with Crippen molar-refractivity contribution in [3.05, 3.63) is 0 Å². The van der Waals surface area contributed by atoms with Gasteiger partial charge in [-0.25, -0.2) is 0 Å². The predicted molar refractivity (Wildman–Crippen MR) is 119 cm³/mol. The van der Waals surface area contributed by atoms with E-state index in [0.29, 0.717) is 0 Å². The van der Waals surface area contributed by atoms with Crippen LogP contribution in [-0.4, -0.2) is 85.5 Å². The summed E-state index contributed by atoms with van der Waals surface area (Å²) >= 11 is 0. The molecule has 0 aliphatic carbocycles. The molecule has 152 valence electrons. The van der Waals surface area contributed by atoms with Gasteiger partial charge in [0.2, 0.25) is 5.91 Å². The van der Waals surface area contributed by atoms with E-state index in [0.717, 1.165) is 70.0 Å². The first kappa shape index (κ1) is 23.5. The second-order valence-electron chi connectivity index (χ2n) is 7.79. The molecule has 0 aromatic heterocycles. The van der Waals surface area contributed by atoms with E-state index in [1.54, 1.807) is 6.92 Å². The summed E-state index contributed by atoms with van der Waals surface area (Å²) in [5.41, 5.74) is 0. The predicted octanol–water partition coefficient (Wildman–Crippen LogP) is 2.10. The van der Waals surface area contributed by atoms with E-state index in [4.69, 9.17) is 4.99 Å². The number of rotatable bonds is 5. The zero-order valence-electron chi connectivity index (χ0n) is 17.0. The highest BCUT2D eigenvalue weighted by Gasteiger charge is 2.22. The lowest BCUT2D eigenvalue weighted by molar-refractivity contribution is -0.130. The molecule has 2 heterocycles. The molecule has 2 aliphatic heterocycles. The molecule has 0 radical (unpaired) electrons. The molecule has 1 amide bonds. The van der Waals surface area contributed by atoms with Gasteiger partial charge >= 0.3 is 0 Å². The van der Waals surface area contributed by atoms with Crippen LogP contribution in [0.1, 0.15) is 40.5 Å². The van der Waals surface area contributed by atoms with Crippen molar-refractivity contribution in [1.82, 2.24) is 20.0 Å². The number of guanidine groups is 1. The molecule has 6 nitrogen and oxygen atoms in total. The topological polar surface area (TPSA) is 51.2 Å². The molecule has 2 saturated heterocycles. The Hall–Kier alpha value is -0.570. The average molecular weight is 479 g/mol. The third-order valence-electron chi connectivity index (χ3n) is 5.20. The van der Waals surface area contributed by atoms with Crippen LogP contribution in [0.2, 0.25) is 0 Å². The van der Waals surface area contributed by atoms with Gasteiger partial charge in [0.25, 0.3) is 0 Å². The first-order valence-electron chi connectivity index (χ1n) is 10.0. The van der Waals surface area contributed by atoms with Crippen LogP contribution in [0, 0.1) is 11.8 Å². The number of hydrogen-bond donors (Lipinski definition) is 1. The van der Waals surface area contributed by atoms with E-state index < -0.39 is 0 Å². The number of carbonyl (C=O) groups is 1. The van der Waals surface area contributed by atoms with Crippen LogP contribution >= 0.6 is 24.0 Å². The van der Waals surface area contributed by atoms with Crippen molar-refractivity contribution in [3.63, 3.8) is 0 Å². The van der Waals surface area contributed by atoms with Crippen molar-refractivity contribution in [2.45, 2.75) is 40.5 Å². The summed E-state index contributed by atoms with van der Waals surface area (Å²) in [4.78, 5) is 23.1. The van der Waals surface area contributed by atoms with Crippen LogP contribution in [0.25, 0.3) is 0 Å². The SMILES string of the molecule is CCNC(=NCCCN1CC(C)CC(C)C1)N1CCN(C(C)=O)CC1.I. The lowest BCUT2D eigenvalue weighted by atomic mass is 9.92. The van der Waals surface area contributed by atoms with Crippen molar-refractivity contribution in [2.24, 2.45) is 16.8 Å². The van der Waals surface area contributed by atoms with Gasteiger partial charge in [-0.1, -0.05) is 13.8 Å². The van der Waals surface area contributed by atoms with Gasteiger partial charge in [-0.2, -0.15) is 0 Å². The molecular weight excluding hydrogens is 441 g/mol. The first-order valence-corrected chi connectivity index (χ1v) is 10.0. The maximum absolute atomic E-state index is 11.5. The summed E-state index contributed by atoms with van der Waals surface area (Å²) in [6.45, 7) is 17.2. The van der Waals surface area contributed by atoms with Crippen LogP contribution in [0.3, 0.4) is 0 Å². The smallest absolute Gasteiger partial charge is 0.219 e. The molecular formula is C19H38IN5O. The fraction of sp³-hybridized carbons (Fsp3) is 0.895. The fourth-order valence-electron chi connectivity index (χ4n) is 4.11. The largest absolute Gasteiger partial charge is 0.357 e. The minimum atomic E-state index is 0. The number of amides is 1. The molecule has 0 bridgehead atoms. The van der Waals surface area contributed by atoms with Gasteiger partial charge in [0.05, 0.1) is 0 Å². The normalized spacial score (nSPS) is 25.0. The molecule has 0 aromatic rings. The van der Waals surface area contributed by atoms with Gasteiger partial charge < -0.3 is 20.0 Å². The summed E-state index contributed by atoms with van der Waals surface area (Å²) < 4.78 is 0. The molecule has 0 aromatic carbocycles. The Morgan fingerprint density at radius 3 is 2.19 bits per heavy atom. The van der Waals surface area contributed by atoms with Crippen LogP contribution in [0.5, 0.6) is 0 Å². The molecule has 1 N–H and O–H groups in total. The Morgan fingerprint density at radius 2 is 1.65 bits per heavy atom. The number of piperazine rings is 1. The van der Waals surface area contributed by atoms with Crippen LogP contribution < -0.4 is 5.32 Å². The number of aliphatic imine (C=N–C) groups is 1. The second-order valence-corrected chi connectivity index (χ2v) is 7.79. The molecule has 2 fully saturated rings. The van der Waals surface area contributed by atoms with Crippen molar-refractivity contribution in [1.29, 1.82) is 0 Å². The van der Waals surface area contributed by atoms with Crippen molar-refractivity contribution < 1.29 is 4.79 Å². The minimum Gasteiger partial charge on any atom is -0.357 e. The summed E-state index contributed by atoms with van der Waals surface area (Å²) in [5.74, 6) is 2.82. The van der Waals surface area contributed by atoms with Gasteiger partial charge in [-0.05, 0) is 38.1 Å². The summed E-state index contributed by atoms with van der Waals surface area (Å²) in [7, 11) is 0. The number of halogens is 1. The zero-order valence-corrected chi connectivity index (χ0v) is 19.4. The lowest BCUT2D eigenvalue weighted by Crippen LogP contribution is -2.53. The highest BCUT2D eigenvalue weighted by Crippen LogP contribution is 2.20. The monoisotopic (exact) mass is 479 g/mol. The Bertz CT molecular complexity index is 441. The molecule has 0 spiro atoms. The second kappa shape index (κ2) is 12.0. The highest BCUT2D eigenvalue weighted by molar-refractivity contribution is 14.0. The zero-order chi connectivity index (χ0) is 18.2. The molecule has 2 unspecified atom stereocenters. The fourth-order valence-corrected chi connectivity index (χ4v) is 4.11. The number of carbonyl (C=O) groups excluding carboxylic acids is 1. The highest BCUT2D eigenvalue weighted by atomic mass is 127. The maximum atomic E-state index is 11.5. The average Bonchev–Trinajstić information content (AvgIpc) is 2.57. The maximum Gasteiger partial charge on any atom is 0.219 e. The van der Waals surface area contributed by atoms with Crippen molar-refractivity contribution in [3.8, 4) is 0 Å². The number of hydrogen-bond acceptors (Lipinski definition) is 3. The first-order chi connectivity index (χ1) is 12.0.